The number of aryl methyl sites for hydroxylation is 2. The molecule has 1 aliphatic carbocycles. The molecule has 17 heavy (non-hydrogen) atoms. The maximum Gasteiger partial charge on any atom is 0.0634 e. The molecule has 1 unspecified atom stereocenters. The average Bonchev–Trinajstić information content (AvgIpc) is 3.13. The molecule has 1 aromatic heterocycles. The molecule has 1 heterocycles. The van der Waals surface area contributed by atoms with E-state index in [2.05, 4.69) is 29.1 Å². The van der Waals surface area contributed by atoms with Gasteiger partial charge in [0.05, 0.1) is 17.1 Å². The summed E-state index contributed by atoms with van der Waals surface area (Å²) in [6.07, 6.45) is 6.83. The fourth-order valence-corrected chi connectivity index (χ4v) is 2.22. The molecule has 1 aromatic rings. The third kappa shape index (κ3) is 3.50. The third-order valence-electron chi connectivity index (χ3n) is 3.43. The van der Waals surface area contributed by atoms with Crippen LogP contribution in [0.1, 0.15) is 43.3 Å². The Labute approximate surface area is 104 Å². The highest BCUT2D eigenvalue weighted by molar-refractivity contribution is 5.14. The van der Waals surface area contributed by atoms with Crippen LogP contribution in [0.3, 0.4) is 0 Å². The van der Waals surface area contributed by atoms with Crippen molar-refractivity contribution in [2.75, 3.05) is 6.54 Å². The zero-order valence-electron chi connectivity index (χ0n) is 11.2. The number of aromatic nitrogens is 2. The Morgan fingerprint density at radius 1 is 1.41 bits per heavy atom. The first-order chi connectivity index (χ1) is 8.20. The Balaban J connectivity index is 2.03. The van der Waals surface area contributed by atoms with Gasteiger partial charge in [-0.3, -0.25) is 9.97 Å². The first-order valence-corrected chi connectivity index (χ1v) is 6.73. The summed E-state index contributed by atoms with van der Waals surface area (Å²) < 4.78 is 0. The van der Waals surface area contributed by atoms with Crippen molar-refractivity contribution in [2.45, 2.75) is 52.5 Å². The number of hydrogen-bond acceptors (Lipinski definition) is 3. The first kappa shape index (κ1) is 12.5. The van der Waals surface area contributed by atoms with E-state index in [0.717, 1.165) is 30.3 Å². The van der Waals surface area contributed by atoms with Crippen LogP contribution in [-0.4, -0.2) is 22.6 Å². The van der Waals surface area contributed by atoms with Crippen molar-refractivity contribution < 1.29 is 0 Å². The SMILES string of the molecule is CCCNC(Cc1nc(C)cnc1C)C1CC1. The second-order valence-electron chi connectivity index (χ2n) is 5.15. The van der Waals surface area contributed by atoms with Crippen LogP contribution in [0.15, 0.2) is 6.20 Å². The molecule has 2 rings (SSSR count). The largest absolute Gasteiger partial charge is 0.313 e. The molecule has 1 fully saturated rings. The lowest BCUT2D eigenvalue weighted by molar-refractivity contribution is 0.454. The molecule has 0 saturated heterocycles. The summed E-state index contributed by atoms with van der Waals surface area (Å²) in [5.74, 6) is 0.864. The zero-order valence-corrected chi connectivity index (χ0v) is 11.2. The van der Waals surface area contributed by atoms with Crippen LogP contribution in [-0.2, 0) is 6.42 Å². The van der Waals surface area contributed by atoms with E-state index >= 15 is 0 Å². The monoisotopic (exact) mass is 233 g/mol. The first-order valence-electron chi connectivity index (χ1n) is 6.73. The minimum atomic E-state index is 0.602. The van der Waals surface area contributed by atoms with E-state index < -0.39 is 0 Å². The number of nitrogens with one attached hydrogen (secondary N) is 1. The predicted octanol–water partition coefficient (Wildman–Crippen LogP) is 2.41. The highest BCUT2D eigenvalue weighted by Gasteiger charge is 2.31. The zero-order chi connectivity index (χ0) is 12.3. The smallest absolute Gasteiger partial charge is 0.0634 e. The molecule has 1 N–H and O–H groups in total. The normalized spacial score (nSPS) is 17.1. The van der Waals surface area contributed by atoms with Crippen LogP contribution in [0.2, 0.25) is 0 Å². The second-order valence-corrected chi connectivity index (χ2v) is 5.15. The Morgan fingerprint density at radius 3 is 2.82 bits per heavy atom. The quantitative estimate of drug-likeness (QED) is 0.820. The van der Waals surface area contributed by atoms with Crippen LogP contribution in [0.25, 0.3) is 0 Å². The van der Waals surface area contributed by atoms with Crippen LogP contribution in [0.4, 0.5) is 0 Å². The molecule has 1 saturated carbocycles. The van der Waals surface area contributed by atoms with Gasteiger partial charge < -0.3 is 5.32 Å². The maximum atomic E-state index is 4.63. The fraction of sp³-hybridized carbons (Fsp3) is 0.714. The van der Waals surface area contributed by atoms with Gasteiger partial charge in [0.2, 0.25) is 0 Å². The molecular weight excluding hydrogens is 210 g/mol. The van der Waals surface area contributed by atoms with Crippen LogP contribution in [0.5, 0.6) is 0 Å². The molecule has 0 aromatic carbocycles. The Kier molecular flexibility index (Phi) is 4.11. The minimum Gasteiger partial charge on any atom is -0.313 e. The number of nitrogens with zero attached hydrogens (tertiary/aromatic N) is 2. The van der Waals surface area contributed by atoms with Gasteiger partial charge in [-0.25, -0.2) is 0 Å². The molecule has 0 aliphatic heterocycles. The predicted molar refractivity (Wildman–Crippen MR) is 70.0 cm³/mol. The summed E-state index contributed by atoms with van der Waals surface area (Å²) in [5.41, 5.74) is 3.28. The topological polar surface area (TPSA) is 37.8 Å². The van der Waals surface area contributed by atoms with Gasteiger partial charge in [-0.1, -0.05) is 6.92 Å². The molecule has 0 radical (unpaired) electrons. The summed E-state index contributed by atoms with van der Waals surface area (Å²) >= 11 is 0. The molecule has 0 bridgehead atoms. The molecule has 1 aliphatic rings. The van der Waals surface area contributed by atoms with E-state index in [0.29, 0.717) is 6.04 Å². The van der Waals surface area contributed by atoms with Gasteiger partial charge >= 0.3 is 0 Å². The highest BCUT2D eigenvalue weighted by atomic mass is 14.9. The Hall–Kier alpha value is -0.960. The molecule has 1 atom stereocenters. The Bertz CT molecular complexity index is 372. The molecule has 94 valence electrons. The lowest BCUT2D eigenvalue weighted by Gasteiger charge is -2.18. The van der Waals surface area contributed by atoms with Gasteiger partial charge in [0.15, 0.2) is 0 Å². The summed E-state index contributed by atoms with van der Waals surface area (Å²) in [5, 5.41) is 3.66. The maximum absolute atomic E-state index is 4.63. The van der Waals surface area contributed by atoms with Gasteiger partial charge in [0, 0.05) is 18.7 Å². The van der Waals surface area contributed by atoms with Crippen molar-refractivity contribution in [3.63, 3.8) is 0 Å². The van der Waals surface area contributed by atoms with E-state index in [1.54, 1.807) is 0 Å². The van der Waals surface area contributed by atoms with Gasteiger partial charge in [-0.2, -0.15) is 0 Å². The molecule has 0 spiro atoms. The van der Waals surface area contributed by atoms with Crippen LogP contribution >= 0.6 is 0 Å². The van der Waals surface area contributed by atoms with Gasteiger partial charge in [-0.15, -0.1) is 0 Å². The standard InChI is InChI=1S/C14H23N3/c1-4-7-15-14(12-5-6-12)8-13-11(3)16-9-10(2)17-13/h9,12,14-15H,4-8H2,1-3H3. The van der Waals surface area contributed by atoms with Crippen molar-refractivity contribution in [1.29, 1.82) is 0 Å². The van der Waals surface area contributed by atoms with E-state index in [1.807, 2.05) is 13.1 Å². The average molecular weight is 233 g/mol. The van der Waals surface area contributed by atoms with Crippen molar-refractivity contribution in [3.05, 3.63) is 23.3 Å². The van der Waals surface area contributed by atoms with Crippen molar-refractivity contribution >= 4 is 0 Å². The molecule has 3 heteroatoms. The van der Waals surface area contributed by atoms with Crippen molar-refractivity contribution in [3.8, 4) is 0 Å². The van der Waals surface area contributed by atoms with E-state index in [9.17, 15) is 0 Å². The summed E-state index contributed by atoms with van der Waals surface area (Å²) in [4.78, 5) is 9.03. The lowest BCUT2D eigenvalue weighted by atomic mass is 10.0. The number of hydrogen-bond donors (Lipinski definition) is 1. The lowest BCUT2D eigenvalue weighted by Crippen LogP contribution is -2.34. The summed E-state index contributed by atoms with van der Waals surface area (Å²) in [7, 11) is 0. The summed E-state index contributed by atoms with van der Waals surface area (Å²) in [6.45, 7) is 7.40. The van der Waals surface area contributed by atoms with Crippen LogP contribution < -0.4 is 5.32 Å². The molecule has 0 amide bonds. The summed E-state index contributed by atoms with van der Waals surface area (Å²) in [6, 6.07) is 0.602. The van der Waals surface area contributed by atoms with E-state index in [1.165, 1.54) is 25.0 Å². The molecular formula is C14H23N3. The van der Waals surface area contributed by atoms with Crippen molar-refractivity contribution in [1.82, 2.24) is 15.3 Å². The minimum absolute atomic E-state index is 0.602. The number of rotatable bonds is 6. The van der Waals surface area contributed by atoms with E-state index in [-0.39, 0.29) is 0 Å². The Morgan fingerprint density at radius 2 is 2.18 bits per heavy atom. The fourth-order valence-electron chi connectivity index (χ4n) is 2.22. The second kappa shape index (κ2) is 5.58. The van der Waals surface area contributed by atoms with Crippen LogP contribution in [0, 0.1) is 19.8 Å². The van der Waals surface area contributed by atoms with Gasteiger partial charge in [-0.05, 0) is 45.6 Å². The molecule has 3 nitrogen and oxygen atoms in total. The highest BCUT2D eigenvalue weighted by Crippen LogP contribution is 2.34. The van der Waals surface area contributed by atoms with Crippen molar-refractivity contribution in [2.24, 2.45) is 5.92 Å². The van der Waals surface area contributed by atoms with E-state index in [4.69, 9.17) is 0 Å². The van der Waals surface area contributed by atoms with Gasteiger partial charge in [0.25, 0.3) is 0 Å². The van der Waals surface area contributed by atoms with Gasteiger partial charge in [0.1, 0.15) is 0 Å². The third-order valence-corrected chi connectivity index (χ3v) is 3.43.